The standard InChI is InChI=1S/C24H20N6OS2/c1-31-20-14-12-19(13-15-20)29-21(25-27-23(29)32)16-33-24-28-26-22(17-8-4-2-5-9-17)30(24)18-10-6-3-7-11-18/h2-15H,16H2,1H3,(H,27,32). The fourth-order valence-electron chi connectivity index (χ4n) is 3.50. The van der Waals surface area contributed by atoms with Crippen molar-refractivity contribution in [3.63, 3.8) is 0 Å². The van der Waals surface area contributed by atoms with Crippen LogP contribution in [-0.2, 0) is 5.75 Å². The van der Waals surface area contributed by atoms with E-state index in [4.69, 9.17) is 17.0 Å². The summed E-state index contributed by atoms with van der Waals surface area (Å²) in [6.07, 6.45) is 0. The topological polar surface area (TPSA) is 73.5 Å². The number of aromatic nitrogens is 6. The van der Waals surface area contributed by atoms with E-state index in [0.29, 0.717) is 10.5 Å². The van der Waals surface area contributed by atoms with Crippen LogP contribution in [0.25, 0.3) is 22.8 Å². The Bertz CT molecular complexity index is 1410. The van der Waals surface area contributed by atoms with Gasteiger partial charge in [0, 0.05) is 16.9 Å². The summed E-state index contributed by atoms with van der Waals surface area (Å²) in [6, 6.07) is 27.9. The summed E-state index contributed by atoms with van der Waals surface area (Å²) in [5, 5.41) is 17.1. The number of hydrogen-bond donors (Lipinski definition) is 1. The molecule has 2 heterocycles. The lowest BCUT2D eigenvalue weighted by molar-refractivity contribution is 0.414. The van der Waals surface area contributed by atoms with E-state index in [0.717, 1.165) is 39.5 Å². The van der Waals surface area contributed by atoms with Crippen molar-refractivity contribution >= 4 is 24.0 Å². The lowest BCUT2D eigenvalue weighted by Gasteiger charge is -2.11. The highest BCUT2D eigenvalue weighted by Gasteiger charge is 2.17. The molecule has 7 nitrogen and oxygen atoms in total. The van der Waals surface area contributed by atoms with Gasteiger partial charge in [-0.25, -0.2) is 0 Å². The van der Waals surface area contributed by atoms with Crippen LogP contribution in [0, 0.1) is 4.77 Å². The van der Waals surface area contributed by atoms with Crippen molar-refractivity contribution in [2.45, 2.75) is 10.9 Å². The zero-order valence-corrected chi connectivity index (χ0v) is 19.4. The first-order valence-corrected chi connectivity index (χ1v) is 11.6. The van der Waals surface area contributed by atoms with Crippen molar-refractivity contribution in [2.75, 3.05) is 7.11 Å². The molecular formula is C24H20N6OS2. The fourth-order valence-corrected chi connectivity index (χ4v) is 4.63. The number of nitrogens with one attached hydrogen (secondary N) is 1. The molecule has 0 aliphatic heterocycles. The van der Waals surface area contributed by atoms with Crippen LogP contribution in [0.4, 0.5) is 0 Å². The molecule has 0 aliphatic carbocycles. The Labute approximate surface area is 200 Å². The van der Waals surface area contributed by atoms with E-state index >= 15 is 0 Å². The molecule has 0 fully saturated rings. The van der Waals surface area contributed by atoms with Crippen LogP contribution < -0.4 is 4.74 Å². The van der Waals surface area contributed by atoms with E-state index in [1.165, 1.54) is 0 Å². The largest absolute Gasteiger partial charge is 0.497 e. The van der Waals surface area contributed by atoms with Crippen LogP contribution in [-0.4, -0.2) is 36.6 Å². The van der Waals surface area contributed by atoms with E-state index in [9.17, 15) is 0 Å². The van der Waals surface area contributed by atoms with Crippen LogP contribution in [0.1, 0.15) is 5.82 Å². The number of benzene rings is 3. The molecule has 0 spiro atoms. The number of rotatable bonds is 7. The lowest BCUT2D eigenvalue weighted by Crippen LogP contribution is -2.02. The number of methoxy groups -OCH3 is 1. The second kappa shape index (κ2) is 9.43. The predicted octanol–water partition coefficient (Wildman–Crippen LogP) is 5.48. The smallest absolute Gasteiger partial charge is 0.199 e. The van der Waals surface area contributed by atoms with E-state index in [2.05, 4.69) is 25.0 Å². The van der Waals surface area contributed by atoms with Crippen LogP contribution in [0.2, 0.25) is 0 Å². The molecule has 1 N–H and O–H groups in total. The second-order valence-corrected chi connectivity index (χ2v) is 8.44. The zero-order valence-electron chi connectivity index (χ0n) is 17.8. The minimum Gasteiger partial charge on any atom is -0.497 e. The van der Waals surface area contributed by atoms with Crippen LogP contribution in [0.3, 0.4) is 0 Å². The second-order valence-electron chi connectivity index (χ2n) is 7.11. The number of aromatic amines is 1. The highest BCUT2D eigenvalue weighted by Crippen LogP contribution is 2.30. The molecule has 0 saturated carbocycles. The SMILES string of the molecule is COc1ccc(-n2c(CSc3nnc(-c4ccccc4)n3-c3ccccc3)n[nH]c2=S)cc1. The van der Waals surface area contributed by atoms with Gasteiger partial charge in [0.2, 0.25) is 0 Å². The monoisotopic (exact) mass is 472 g/mol. The molecule has 0 radical (unpaired) electrons. The van der Waals surface area contributed by atoms with Gasteiger partial charge in [-0.3, -0.25) is 14.2 Å². The Morgan fingerprint density at radius 3 is 2.21 bits per heavy atom. The van der Waals surface area contributed by atoms with Gasteiger partial charge in [0.1, 0.15) is 11.6 Å². The summed E-state index contributed by atoms with van der Waals surface area (Å²) in [7, 11) is 1.65. The molecule has 0 atom stereocenters. The molecule has 2 aromatic heterocycles. The number of nitrogens with zero attached hydrogens (tertiary/aromatic N) is 5. The molecule has 164 valence electrons. The molecule has 5 aromatic rings. The Balaban J connectivity index is 1.49. The first-order valence-electron chi connectivity index (χ1n) is 10.2. The fraction of sp³-hybridized carbons (Fsp3) is 0.0833. The molecule has 5 rings (SSSR count). The lowest BCUT2D eigenvalue weighted by atomic mass is 10.2. The Kier molecular flexibility index (Phi) is 6.05. The highest BCUT2D eigenvalue weighted by molar-refractivity contribution is 7.98. The van der Waals surface area contributed by atoms with Crippen molar-refractivity contribution < 1.29 is 4.74 Å². The van der Waals surface area contributed by atoms with E-state index in [1.807, 2.05) is 89.5 Å². The van der Waals surface area contributed by atoms with Gasteiger partial charge in [0.05, 0.1) is 12.9 Å². The third-order valence-electron chi connectivity index (χ3n) is 5.08. The third kappa shape index (κ3) is 4.33. The molecule has 9 heteroatoms. The van der Waals surface area contributed by atoms with Gasteiger partial charge in [-0.05, 0) is 48.6 Å². The van der Waals surface area contributed by atoms with Crippen LogP contribution >= 0.6 is 24.0 Å². The normalized spacial score (nSPS) is 10.9. The molecule has 0 aliphatic rings. The van der Waals surface area contributed by atoms with E-state index in [-0.39, 0.29) is 0 Å². The Hall–Kier alpha value is -3.69. The average Bonchev–Trinajstić information content (AvgIpc) is 3.47. The summed E-state index contributed by atoms with van der Waals surface area (Å²) in [5.41, 5.74) is 2.92. The van der Waals surface area contributed by atoms with Crippen molar-refractivity contribution in [1.82, 2.24) is 29.5 Å². The maximum atomic E-state index is 5.49. The molecule has 0 saturated heterocycles. The van der Waals surface area contributed by atoms with Gasteiger partial charge in [0.15, 0.2) is 15.8 Å². The molecular weight excluding hydrogens is 452 g/mol. The average molecular weight is 473 g/mol. The van der Waals surface area contributed by atoms with Crippen molar-refractivity contribution in [1.29, 1.82) is 0 Å². The number of hydrogen-bond acceptors (Lipinski definition) is 6. The summed E-state index contributed by atoms with van der Waals surface area (Å²) in [4.78, 5) is 0. The third-order valence-corrected chi connectivity index (χ3v) is 6.28. The quantitative estimate of drug-likeness (QED) is 0.250. The molecule has 0 unspecified atom stereocenters. The number of thioether (sulfide) groups is 1. The van der Waals surface area contributed by atoms with Gasteiger partial charge in [0.25, 0.3) is 0 Å². The minimum atomic E-state index is 0.533. The van der Waals surface area contributed by atoms with E-state index < -0.39 is 0 Å². The van der Waals surface area contributed by atoms with Crippen molar-refractivity contribution in [3.05, 3.63) is 95.5 Å². The Morgan fingerprint density at radius 1 is 0.848 bits per heavy atom. The number of ether oxygens (including phenoxy) is 1. The van der Waals surface area contributed by atoms with Gasteiger partial charge in [-0.1, -0.05) is 60.3 Å². The number of para-hydroxylation sites is 1. The van der Waals surface area contributed by atoms with Gasteiger partial charge in [-0.2, -0.15) is 5.10 Å². The zero-order chi connectivity index (χ0) is 22.6. The number of H-pyrrole nitrogens is 1. The van der Waals surface area contributed by atoms with Gasteiger partial charge < -0.3 is 4.74 Å². The van der Waals surface area contributed by atoms with Crippen LogP contribution in [0.15, 0.2) is 90.1 Å². The summed E-state index contributed by atoms with van der Waals surface area (Å²) >= 11 is 7.04. The van der Waals surface area contributed by atoms with Crippen LogP contribution in [0.5, 0.6) is 5.75 Å². The maximum absolute atomic E-state index is 5.49. The first-order chi connectivity index (χ1) is 16.2. The molecule has 33 heavy (non-hydrogen) atoms. The van der Waals surface area contributed by atoms with Gasteiger partial charge >= 0.3 is 0 Å². The summed E-state index contributed by atoms with van der Waals surface area (Å²) in [5.74, 6) is 2.92. The summed E-state index contributed by atoms with van der Waals surface area (Å²) < 4.78 is 9.79. The van der Waals surface area contributed by atoms with Crippen molar-refractivity contribution in [2.24, 2.45) is 0 Å². The Morgan fingerprint density at radius 2 is 1.52 bits per heavy atom. The molecule has 0 bridgehead atoms. The minimum absolute atomic E-state index is 0.533. The first kappa shape index (κ1) is 21.2. The van der Waals surface area contributed by atoms with Crippen molar-refractivity contribution in [3.8, 4) is 28.5 Å². The maximum Gasteiger partial charge on any atom is 0.199 e. The van der Waals surface area contributed by atoms with E-state index in [1.54, 1.807) is 18.9 Å². The predicted molar refractivity (Wildman–Crippen MR) is 132 cm³/mol. The summed E-state index contributed by atoms with van der Waals surface area (Å²) in [6.45, 7) is 0. The highest BCUT2D eigenvalue weighted by atomic mass is 32.2. The molecule has 0 amide bonds. The van der Waals surface area contributed by atoms with Gasteiger partial charge in [-0.15, -0.1) is 10.2 Å². The molecule has 3 aromatic carbocycles.